The smallest absolute Gasteiger partial charge is 0.334 e. The van der Waals surface area contributed by atoms with Gasteiger partial charge in [-0.15, -0.1) is 0 Å². The molecule has 0 rings (SSSR count). The highest BCUT2D eigenvalue weighted by molar-refractivity contribution is 7.04. The molecule has 4 atom stereocenters. The highest BCUT2D eigenvalue weighted by atomic mass is 28.4. The van der Waals surface area contributed by atoms with Gasteiger partial charge in [-0.2, -0.15) is 0 Å². The lowest BCUT2D eigenvalue weighted by Crippen LogP contribution is -2.63. The molecule has 196 valence electrons. The molecule has 0 spiro atoms. The topological polar surface area (TPSA) is 91.3 Å². The van der Waals surface area contributed by atoms with Crippen molar-refractivity contribution in [3.63, 3.8) is 0 Å². The Morgan fingerprint density at radius 1 is 0.515 bits per heavy atom. The molecule has 0 amide bonds. The van der Waals surface area contributed by atoms with Crippen molar-refractivity contribution in [3.8, 4) is 0 Å². The van der Waals surface area contributed by atoms with E-state index in [9.17, 15) is 14.7 Å². The number of carbonyl (C=O) groups excluding carboxylic acids is 1. The van der Waals surface area contributed by atoms with Gasteiger partial charge in [0.1, 0.15) is 31.8 Å². The van der Waals surface area contributed by atoms with Gasteiger partial charge < -0.3 is 27.6 Å². The van der Waals surface area contributed by atoms with Crippen LogP contribution < -0.4 is 0 Å². The maximum atomic E-state index is 13.8. The Balaban J connectivity index is 7.00. The zero-order chi connectivity index (χ0) is 26.8. The minimum absolute atomic E-state index is 0.0227. The van der Waals surface area contributed by atoms with Gasteiger partial charge in [-0.3, -0.25) is 0 Å². The zero-order valence-corrected chi connectivity index (χ0v) is 28.7. The standard InChI is InChI=1S/C21H50O7Si5/c1-29(2,3)21(24)19(28-33(13,14)15)17(26-31(7,8)9)16(25-30(4,5)6)18(20(22)23)27-32(10,11)12/h16-19H,1-15H3,(H,22,23)/t16-,17+,18+,19-/m1/s1. The van der Waals surface area contributed by atoms with Crippen molar-refractivity contribution in [2.75, 3.05) is 0 Å². The van der Waals surface area contributed by atoms with Crippen LogP contribution in [-0.4, -0.2) is 82.2 Å². The first-order valence-corrected chi connectivity index (χ1v) is 28.9. The molecule has 0 saturated carbocycles. The molecule has 0 aromatic carbocycles. The Kier molecular flexibility index (Phi) is 11.4. The first-order valence-electron chi connectivity index (χ1n) is 11.7. The van der Waals surface area contributed by atoms with Crippen molar-refractivity contribution in [1.29, 1.82) is 0 Å². The second kappa shape index (κ2) is 11.4. The van der Waals surface area contributed by atoms with E-state index >= 15 is 0 Å². The number of carboxylic acids is 1. The lowest BCUT2D eigenvalue weighted by Gasteiger charge is -2.44. The van der Waals surface area contributed by atoms with E-state index in [-0.39, 0.29) is 5.41 Å². The predicted octanol–water partition coefficient (Wildman–Crippen LogP) is 5.40. The molecule has 0 bridgehead atoms. The Bertz CT molecular complexity index is 667. The predicted molar refractivity (Wildman–Crippen MR) is 149 cm³/mol. The van der Waals surface area contributed by atoms with Crippen LogP contribution in [0.25, 0.3) is 0 Å². The van der Waals surface area contributed by atoms with Crippen LogP contribution in [0.2, 0.25) is 98.2 Å². The Labute approximate surface area is 207 Å². The Hall–Kier alpha value is 0.0644. The highest BCUT2D eigenvalue weighted by Gasteiger charge is 2.50. The van der Waals surface area contributed by atoms with Gasteiger partial charge in [-0.05, 0) is 78.6 Å². The van der Waals surface area contributed by atoms with Crippen LogP contribution in [0.15, 0.2) is 0 Å². The zero-order valence-electron chi connectivity index (χ0n) is 23.7. The fourth-order valence-corrected chi connectivity index (χ4v) is 8.48. The summed E-state index contributed by atoms with van der Waals surface area (Å²) in [7, 11) is -11.3. The van der Waals surface area contributed by atoms with Gasteiger partial charge in [-0.1, -0.05) is 19.6 Å². The quantitative estimate of drug-likeness (QED) is 0.288. The second-order valence-electron chi connectivity index (χ2n) is 13.6. The summed E-state index contributed by atoms with van der Waals surface area (Å²) < 4.78 is 25.8. The maximum Gasteiger partial charge on any atom is 0.334 e. The third kappa shape index (κ3) is 13.7. The fraction of sp³-hybridized carbons (Fsp3) is 0.905. The molecule has 0 heterocycles. The molecular formula is C21H50O7Si5. The van der Waals surface area contributed by atoms with Crippen LogP contribution in [-0.2, 0) is 27.3 Å². The number of rotatable bonds is 14. The second-order valence-corrected chi connectivity index (χ2v) is 36.5. The van der Waals surface area contributed by atoms with Crippen LogP contribution in [0, 0.1) is 0 Å². The van der Waals surface area contributed by atoms with Gasteiger partial charge >= 0.3 is 5.97 Å². The number of carboxylic acid groups (broad SMARTS) is 1. The molecular weight excluding hydrogens is 505 g/mol. The summed E-state index contributed by atoms with van der Waals surface area (Å²) in [6, 6.07) is 0. The highest BCUT2D eigenvalue weighted by Crippen LogP contribution is 2.30. The van der Waals surface area contributed by atoms with Crippen LogP contribution in [0.5, 0.6) is 0 Å². The summed E-state index contributed by atoms with van der Waals surface area (Å²) in [5.41, 5.74) is 0. The van der Waals surface area contributed by atoms with Crippen molar-refractivity contribution < 1.29 is 32.4 Å². The summed E-state index contributed by atoms with van der Waals surface area (Å²) in [5.74, 6) is -1.10. The summed E-state index contributed by atoms with van der Waals surface area (Å²) in [6.45, 7) is 30.0. The number of hydrogen-bond donors (Lipinski definition) is 1. The van der Waals surface area contributed by atoms with E-state index in [2.05, 4.69) is 0 Å². The average Bonchev–Trinajstić information content (AvgIpc) is 2.48. The molecule has 12 heteroatoms. The molecule has 7 nitrogen and oxygen atoms in total. The third-order valence-corrected chi connectivity index (χ3v) is 9.75. The lowest BCUT2D eigenvalue weighted by atomic mass is 10.0. The number of hydrogen-bond acceptors (Lipinski definition) is 6. The average molecular weight is 555 g/mol. The van der Waals surface area contributed by atoms with Crippen molar-refractivity contribution in [2.45, 2.75) is 123 Å². The summed E-state index contributed by atoms with van der Waals surface area (Å²) in [6.07, 6.45) is -3.93. The molecule has 0 radical (unpaired) electrons. The van der Waals surface area contributed by atoms with E-state index in [1.807, 2.05) is 98.2 Å². The first-order chi connectivity index (χ1) is 14.2. The van der Waals surface area contributed by atoms with Crippen molar-refractivity contribution >= 4 is 52.7 Å². The van der Waals surface area contributed by atoms with Gasteiger partial charge in [-0.25, -0.2) is 4.79 Å². The molecule has 0 saturated heterocycles. The summed E-state index contributed by atoms with van der Waals surface area (Å²) in [4.78, 5) is 26.3. The third-order valence-electron chi connectivity index (χ3n) is 4.10. The minimum Gasteiger partial charge on any atom is -0.479 e. The largest absolute Gasteiger partial charge is 0.479 e. The van der Waals surface area contributed by atoms with E-state index in [0.717, 1.165) is 0 Å². The molecule has 0 aliphatic rings. The molecule has 0 aromatic rings. The van der Waals surface area contributed by atoms with E-state index in [1.165, 1.54) is 0 Å². The molecule has 33 heavy (non-hydrogen) atoms. The van der Waals surface area contributed by atoms with Gasteiger partial charge in [0.15, 0.2) is 39.4 Å². The van der Waals surface area contributed by atoms with Gasteiger partial charge in [0.2, 0.25) is 0 Å². The fourth-order valence-electron chi connectivity index (χ4n) is 3.14. The molecule has 0 aliphatic carbocycles. The van der Waals surface area contributed by atoms with Crippen LogP contribution in [0.1, 0.15) is 0 Å². The van der Waals surface area contributed by atoms with Gasteiger partial charge in [0.05, 0.1) is 0 Å². The SMILES string of the molecule is C[Si](C)(C)O[C@H]([C@H](O[Si](C)(C)C)[C@@H](O[Si](C)(C)C)C(=O)[Si](C)(C)C)[C@H](O[Si](C)(C)C)C(=O)O. The van der Waals surface area contributed by atoms with Crippen molar-refractivity contribution in [3.05, 3.63) is 0 Å². The molecule has 0 unspecified atom stereocenters. The maximum absolute atomic E-state index is 13.8. The van der Waals surface area contributed by atoms with Crippen LogP contribution in [0.4, 0.5) is 0 Å². The molecule has 1 N–H and O–H groups in total. The first kappa shape index (κ1) is 33.1. The molecule has 0 aromatic heterocycles. The van der Waals surface area contributed by atoms with E-state index in [4.69, 9.17) is 17.7 Å². The minimum atomic E-state index is -2.30. The van der Waals surface area contributed by atoms with Crippen molar-refractivity contribution in [1.82, 2.24) is 0 Å². The Morgan fingerprint density at radius 3 is 1.03 bits per heavy atom. The summed E-state index contributed by atoms with van der Waals surface area (Å²) in [5, 5.41) is 10.3. The number of carbonyl (C=O) groups is 2. The lowest BCUT2D eigenvalue weighted by molar-refractivity contribution is -0.158. The van der Waals surface area contributed by atoms with E-state index in [1.54, 1.807) is 0 Å². The van der Waals surface area contributed by atoms with E-state index < -0.39 is 71.7 Å². The normalized spacial score (nSPS) is 17.9. The van der Waals surface area contributed by atoms with Crippen LogP contribution in [0.3, 0.4) is 0 Å². The van der Waals surface area contributed by atoms with Crippen molar-refractivity contribution in [2.24, 2.45) is 0 Å². The van der Waals surface area contributed by atoms with Crippen LogP contribution >= 0.6 is 0 Å². The monoisotopic (exact) mass is 554 g/mol. The molecule has 0 fully saturated rings. The number of aliphatic carboxylic acids is 1. The van der Waals surface area contributed by atoms with Gasteiger partial charge in [0, 0.05) is 0 Å². The van der Waals surface area contributed by atoms with Gasteiger partial charge in [0.25, 0.3) is 0 Å². The Morgan fingerprint density at radius 2 is 0.788 bits per heavy atom. The summed E-state index contributed by atoms with van der Waals surface area (Å²) >= 11 is 0. The van der Waals surface area contributed by atoms with E-state index in [0.29, 0.717) is 0 Å². The molecule has 0 aliphatic heterocycles.